The van der Waals surface area contributed by atoms with E-state index in [0.29, 0.717) is 0 Å². The Bertz CT molecular complexity index is 613. The SMILES string of the molecule is Nc1ccc2c(C(F)(F)F)c(N)ccc2c1C(F)(F)F. The summed E-state index contributed by atoms with van der Waals surface area (Å²) in [7, 11) is 0. The van der Waals surface area contributed by atoms with Crippen LogP contribution in [0.2, 0.25) is 0 Å². The van der Waals surface area contributed by atoms with E-state index in [2.05, 4.69) is 0 Å². The summed E-state index contributed by atoms with van der Waals surface area (Å²) in [5.74, 6) is 0. The molecule has 2 nitrogen and oxygen atoms in total. The van der Waals surface area contributed by atoms with Gasteiger partial charge in [0.25, 0.3) is 0 Å². The fraction of sp³-hybridized carbons (Fsp3) is 0.167. The summed E-state index contributed by atoms with van der Waals surface area (Å²) in [6, 6.07) is 3.36. The maximum atomic E-state index is 12.9. The van der Waals surface area contributed by atoms with Gasteiger partial charge in [0.05, 0.1) is 11.1 Å². The lowest BCUT2D eigenvalue weighted by atomic mass is 9.97. The largest absolute Gasteiger partial charge is 0.418 e. The quantitative estimate of drug-likeness (QED) is 0.569. The van der Waals surface area contributed by atoms with Gasteiger partial charge in [-0.1, -0.05) is 12.1 Å². The van der Waals surface area contributed by atoms with Gasteiger partial charge in [0, 0.05) is 11.4 Å². The lowest BCUT2D eigenvalue weighted by molar-refractivity contribution is -0.137. The maximum Gasteiger partial charge on any atom is 0.418 e. The standard InChI is InChI=1S/C12H8F6N2/c13-11(14,15)9-5-1-3-7(19)10(12(16,17)18)6(5)2-4-8(9)20/h1-4H,19-20H2. The molecule has 8 heteroatoms. The molecular formula is C12H8F6N2. The summed E-state index contributed by atoms with van der Waals surface area (Å²) < 4.78 is 77.5. The highest BCUT2D eigenvalue weighted by Crippen LogP contribution is 2.44. The number of nitrogen functional groups attached to an aromatic ring is 2. The predicted molar refractivity (Wildman–Crippen MR) is 62.8 cm³/mol. The van der Waals surface area contributed by atoms with Crippen LogP contribution < -0.4 is 11.5 Å². The first-order valence-electron chi connectivity index (χ1n) is 5.28. The van der Waals surface area contributed by atoms with E-state index in [1.54, 1.807) is 0 Å². The first-order valence-corrected chi connectivity index (χ1v) is 5.28. The molecule has 0 radical (unpaired) electrons. The van der Waals surface area contributed by atoms with Gasteiger partial charge >= 0.3 is 12.4 Å². The number of alkyl halides is 6. The van der Waals surface area contributed by atoms with Gasteiger partial charge in [0.1, 0.15) is 0 Å². The van der Waals surface area contributed by atoms with Gasteiger partial charge in [0.15, 0.2) is 0 Å². The van der Waals surface area contributed by atoms with E-state index in [4.69, 9.17) is 11.5 Å². The van der Waals surface area contributed by atoms with Crippen molar-refractivity contribution in [3.63, 3.8) is 0 Å². The molecule has 0 atom stereocenters. The van der Waals surface area contributed by atoms with Crippen LogP contribution in [0.3, 0.4) is 0 Å². The van der Waals surface area contributed by atoms with Gasteiger partial charge in [-0.25, -0.2) is 0 Å². The average Bonchev–Trinajstić information content (AvgIpc) is 2.25. The first-order chi connectivity index (χ1) is 9.03. The van der Waals surface area contributed by atoms with Crippen LogP contribution in [0.25, 0.3) is 10.8 Å². The molecule has 0 saturated carbocycles. The summed E-state index contributed by atoms with van der Waals surface area (Å²) in [5.41, 5.74) is 6.62. The van der Waals surface area contributed by atoms with Crippen LogP contribution in [0.4, 0.5) is 37.7 Å². The molecule has 0 spiro atoms. The van der Waals surface area contributed by atoms with Gasteiger partial charge < -0.3 is 11.5 Å². The third kappa shape index (κ3) is 2.21. The molecule has 0 unspecified atom stereocenters. The van der Waals surface area contributed by atoms with Crippen molar-refractivity contribution in [3.05, 3.63) is 35.4 Å². The Morgan fingerprint density at radius 3 is 1.15 bits per heavy atom. The Labute approximate surface area is 109 Å². The van der Waals surface area contributed by atoms with Gasteiger partial charge in [0.2, 0.25) is 0 Å². The smallest absolute Gasteiger partial charge is 0.398 e. The molecule has 0 fully saturated rings. The minimum Gasteiger partial charge on any atom is -0.398 e. The maximum absolute atomic E-state index is 12.9. The molecule has 2 aromatic carbocycles. The van der Waals surface area contributed by atoms with E-state index in [0.717, 1.165) is 24.3 Å². The first kappa shape index (κ1) is 14.3. The van der Waals surface area contributed by atoms with Crippen LogP contribution in [0.5, 0.6) is 0 Å². The van der Waals surface area contributed by atoms with Crippen molar-refractivity contribution in [2.24, 2.45) is 0 Å². The fourth-order valence-corrected chi connectivity index (χ4v) is 2.07. The molecule has 0 saturated heterocycles. The van der Waals surface area contributed by atoms with Crippen LogP contribution in [0.1, 0.15) is 11.1 Å². The van der Waals surface area contributed by atoms with E-state index in [1.807, 2.05) is 0 Å². The Balaban J connectivity index is 2.97. The van der Waals surface area contributed by atoms with Crippen molar-refractivity contribution in [1.82, 2.24) is 0 Å². The zero-order valence-electron chi connectivity index (χ0n) is 9.73. The van der Waals surface area contributed by atoms with Crippen molar-refractivity contribution in [2.75, 3.05) is 11.5 Å². The third-order valence-electron chi connectivity index (χ3n) is 2.83. The monoisotopic (exact) mass is 294 g/mol. The second-order valence-corrected chi connectivity index (χ2v) is 4.15. The van der Waals surface area contributed by atoms with Gasteiger partial charge in [-0.05, 0) is 22.9 Å². The summed E-state index contributed by atoms with van der Waals surface area (Å²) in [5, 5.41) is -1.25. The third-order valence-corrected chi connectivity index (χ3v) is 2.83. The van der Waals surface area contributed by atoms with Crippen LogP contribution in [-0.2, 0) is 12.4 Å². The minimum atomic E-state index is -4.86. The number of benzene rings is 2. The summed E-state index contributed by atoms with van der Waals surface area (Å²) in [4.78, 5) is 0. The van der Waals surface area contributed by atoms with Crippen molar-refractivity contribution in [3.8, 4) is 0 Å². The molecular weight excluding hydrogens is 286 g/mol. The van der Waals surface area contributed by atoms with E-state index >= 15 is 0 Å². The molecule has 4 N–H and O–H groups in total. The van der Waals surface area contributed by atoms with Gasteiger partial charge in [-0.2, -0.15) is 26.3 Å². The second kappa shape index (κ2) is 4.19. The number of hydrogen-bond acceptors (Lipinski definition) is 2. The number of anilines is 2. The number of halogens is 6. The number of fused-ring (bicyclic) bond motifs is 1. The van der Waals surface area contributed by atoms with Crippen molar-refractivity contribution in [2.45, 2.75) is 12.4 Å². The van der Waals surface area contributed by atoms with Gasteiger partial charge in [-0.15, -0.1) is 0 Å². The molecule has 2 rings (SSSR count). The molecule has 2 aromatic rings. The molecule has 0 aliphatic carbocycles. The lowest BCUT2D eigenvalue weighted by Gasteiger charge is -2.18. The normalized spacial score (nSPS) is 12.9. The molecule has 0 aliphatic rings. The predicted octanol–water partition coefficient (Wildman–Crippen LogP) is 4.04. The molecule has 108 valence electrons. The van der Waals surface area contributed by atoms with Crippen molar-refractivity contribution in [1.29, 1.82) is 0 Å². The Morgan fingerprint density at radius 1 is 0.600 bits per heavy atom. The highest BCUT2D eigenvalue weighted by Gasteiger charge is 2.39. The van der Waals surface area contributed by atoms with Crippen LogP contribution in [0.15, 0.2) is 24.3 Å². The summed E-state index contributed by atoms with van der Waals surface area (Å²) in [6.07, 6.45) is -9.72. The van der Waals surface area contributed by atoms with E-state index in [-0.39, 0.29) is 0 Å². The Morgan fingerprint density at radius 2 is 0.900 bits per heavy atom. The molecule has 0 bridgehead atoms. The second-order valence-electron chi connectivity index (χ2n) is 4.15. The zero-order valence-corrected chi connectivity index (χ0v) is 9.73. The topological polar surface area (TPSA) is 52.0 Å². The van der Waals surface area contributed by atoms with E-state index in [9.17, 15) is 26.3 Å². The molecule has 0 aromatic heterocycles. The van der Waals surface area contributed by atoms with Crippen molar-refractivity contribution < 1.29 is 26.3 Å². The number of nitrogens with two attached hydrogens (primary N) is 2. The highest BCUT2D eigenvalue weighted by molar-refractivity contribution is 5.95. The molecule has 0 amide bonds. The molecule has 0 aliphatic heterocycles. The average molecular weight is 294 g/mol. The highest BCUT2D eigenvalue weighted by atomic mass is 19.4. The Hall–Kier alpha value is -2.12. The molecule has 0 heterocycles. The zero-order chi connectivity index (χ0) is 15.3. The number of hydrogen-bond donors (Lipinski definition) is 2. The fourth-order valence-electron chi connectivity index (χ4n) is 2.07. The number of rotatable bonds is 0. The van der Waals surface area contributed by atoms with Crippen molar-refractivity contribution >= 4 is 22.1 Å². The lowest BCUT2D eigenvalue weighted by Crippen LogP contribution is -2.13. The summed E-state index contributed by atoms with van der Waals surface area (Å²) >= 11 is 0. The van der Waals surface area contributed by atoms with Crippen LogP contribution >= 0.6 is 0 Å². The van der Waals surface area contributed by atoms with Gasteiger partial charge in [-0.3, -0.25) is 0 Å². The minimum absolute atomic E-state index is 0.626. The van der Waals surface area contributed by atoms with Crippen LogP contribution in [0, 0.1) is 0 Å². The van der Waals surface area contributed by atoms with E-state index < -0.39 is 45.6 Å². The molecule has 20 heavy (non-hydrogen) atoms. The summed E-state index contributed by atoms with van der Waals surface area (Å²) in [6.45, 7) is 0. The Kier molecular flexibility index (Phi) is 2.99. The van der Waals surface area contributed by atoms with E-state index in [1.165, 1.54) is 0 Å². The van der Waals surface area contributed by atoms with Crippen LogP contribution in [-0.4, -0.2) is 0 Å².